The molecule has 0 atom stereocenters. The first-order valence-electron chi connectivity index (χ1n) is 4.68. The van der Waals surface area contributed by atoms with Gasteiger partial charge in [0.25, 0.3) is 0 Å². The number of hydrogen-bond donors (Lipinski definition) is 2. The van der Waals surface area contributed by atoms with Crippen molar-refractivity contribution in [2.45, 2.75) is 26.7 Å². The molecule has 0 aliphatic heterocycles. The molecule has 0 saturated carbocycles. The molecule has 4 nitrogen and oxygen atoms in total. The van der Waals surface area contributed by atoms with E-state index in [0.29, 0.717) is 5.95 Å². The van der Waals surface area contributed by atoms with Crippen molar-refractivity contribution in [3.8, 4) is 0 Å². The molecule has 0 spiro atoms. The number of aryl methyl sites for hydroxylation is 1. The third kappa shape index (κ3) is 2.83. The van der Waals surface area contributed by atoms with Crippen molar-refractivity contribution in [2.24, 2.45) is 0 Å². The highest BCUT2D eigenvalue weighted by Crippen LogP contribution is 2.23. The fourth-order valence-electron chi connectivity index (χ4n) is 1.08. The summed E-state index contributed by atoms with van der Waals surface area (Å²) in [6, 6.07) is 0. The zero-order valence-electron chi connectivity index (χ0n) is 8.47. The summed E-state index contributed by atoms with van der Waals surface area (Å²) < 4.78 is 0.891. The molecule has 0 aliphatic rings. The van der Waals surface area contributed by atoms with Gasteiger partial charge in [-0.3, -0.25) is 0 Å². The summed E-state index contributed by atoms with van der Waals surface area (Å²) >= 11 is 3.42. The van der Waals surface area contributed by atoms with Crippen molar-refractivity contribution in [1.29, 1.82) is 0 Å². The summed E-state index contributed by atoms with van der Waals surface area (Å²) in [7, 11) is 0. The van der Waals surface area contributed by atoms with Gasteiger partial charge in [-0.2, -0.15) is 4.98 Å². The second-order valence-corrected chi connectivity index (χ2v) is 3.90. The van der Waals surface area contributed by atoms with Gasteiger partial charge >= 0.3 is 0 Å². The quantitative estimate of drug-likeness (QED) is 0.814. The van der Waals surface area contributed by atoms with E-state index in [9.17, 15) is 0 Å². The fourth-order valence-corrected chi connectivity index (χ4v) is 1.40. The molecule has 0 bridgehead atoms. The smallest absolute Gasteiger partial charge is 0.222 e. The minimum absolute atomic E-state index is 0.310. The van der Waals surface area contributed by atoms with Gasteiger partial charge in [0.1, 0.15) is 5.82 Å². The van der Waals surface area contributed by atoms with Gasteiger partial charge in [-0.25, -0.2) is 4.98 Å². The number of nitrogens with one attached hydrogen (secondary N) is 1. The van der Waals surface area contributed by atoms with E-state index in [2.05, 4.69) is 38.1 Å². The Kier molecular flexibility index (Phi) is 4.13. The lowest BCUT2D eigenvalue weighted by Gasteiger charge is -2.08. The minimum Gasteiger partial charge on any atom is -0.369 e. The topological polar surface area (TPSA) is 63.8 Å². The Hall–Kier alpha value is -0.840. The van der Waals surface area contributed by atoms with Gasteiger partial charge in [0.05, 0.1) is 10.2 Å². The Bertz CT molecular complexity index is 314. The van der Waals surface area contributed by atoms with E-state index in [0.717, 1.165) is 35.4 Å². The number of aromatic nitrogens is 2. The second kappa shape index (κ2) is 5.14. The van der Waals surface area contributed by atoms with Crippen molar-refractivity contribution in [2.75, 3.05) is 17.6 Å². The van der Waals surface area contributed by atoms with Crippen molar-refractivity contribution in [3.63, 3.8) is 0 Å². The molecule has 0 aliphatic carbocycles. The predicted octanol–water partition coefficient (Wildman–Crippen LogP) is 2.34. The lowest BCUT2D eigenvalue weighted by atomic mass is 10.3. The fraction of sp³-hybridized carbons (Fsp3) is 0.556. The van der Waals surface area contributed by atoms with Gasteiger partial charge in [0.2, 0.25) is 5.95 Å². The Labute approximate surface area is 92.5 Å². The maximum Gasteiger partial charge on any atom is 0.222 e. The maximum absolute atomic E-state index is 5.55. The number of unbranched alkanes of at least 4 members (excludes halogenated alkanes) is 1. The average Bonchev–Trinajstić information content (AvgIpc) is 2.13. The van der Waals surface area contributed by atoms with Gasteiger partial charge in [-0.1, -0.05) is 13.3 Å². The van der Waals surface area contributed by atoms with Crippen LogP contribution in [0.5, 0.6) is 0 Å². The van der Waals surface area contributed by atoms with Crippen molar-refractivity contribution in [1.82, 2.24) is 9.97 Å². The number of nitrogen functional groups attached to an aromatic ring is 1. The Balaban J connectivity index is 2.75. The summed E-state index contributed by atoms with van der Waals surface area (Å²) in [5.74, 6) is 1.09. The molecule has 0 fully saturated rings. The van der Waals surface area contributed by atoms with Crippen LogP contribution in [-0.2, 0) is 0 Å². The molecule has 14 heavy (non-hydrogen) atoms. The standard InChI is InChI=1S/C9H15BrN4/c1-3-4-5-12-8-7(10)6(2)13-9(11)14-8/h3-5H2,1-2H3,(H3,11,12,13,14). The van der Waals surface area contributed by atoms with E-state index >= 15 is 0 Å². The molecule has 1 aromatic rings. The van der Waals surface area contributed by atoms with E-state index in [1.165, 1.54) is 0 Å². The monoisotopic (exact) mass is 258 g/mol. The van der Waals surface area contributed by atoms with E-state index in [1.807, 2.05) is 6.92 Å². The first-order chi connectivity index (χ1) is 6.65. The summed E-state index contributed by atoms with van der Waals surface area (Å²) in [6.45, 7) is 4.95. The highest BCUT2D eigenvalue weighted by atomic mass is 79.9. The van der Waals surface area contributed by atoms with E-state index in [-0.39, 0.29) is 0 Å². The van der Waals surface area contributed by atoms with Crippen LogP contribution in [0.15, 0.2) is 4.47 Å². The second-order valence-electron chi connectivity index (χ2n) is 3.11. The van der Waals surface area contributed by atoms with Gasteiger partial charge in [0.15, 0.2) is 0 Å². The number of nitrogens with zero attached hydrogens (tertiary/aromatic N) is 2. The molecule has 0 radical (unpaired) electrons. The van der Waals surface area contributed by atoms with Crippen molar-refractivity contribution < 1.29 is 0 Å². The molecule has 0 unspecified atom stereocenters. The third-order valence-electron chi connectivity index (χ3n) is 1.86. The van der Waals surface area contributed by atoms with Gasteiger partial charge in [-0.05, 0) is 29.3 Å². The summed E-state index contributed by atoms with van der Waals surface area (Å²) in [5.41, 5.74) is 6.41. The predicted molar refractivity (Wildman–Crippen MR) is 62.3 cm³/mol. The molecule has 0 amide bonds. The van der Waals surface area contributed by atoms with Crippen LogP contribution >= 0.6 is 15.9 Å². The molecular weight excluding hydrogens is 244 g/mol. The summed E-state index contributed by atoms with van der Waals surface area (Å²) in [5, 5.41) is 3.22. The number of halogens is 1. The lowest BCUT2D eigenvalue weighted by Crippen LogP contribution is -2.07. The lowest BCUT2D eigenvalue weighted by molar-refractivity contribution is 0.829. The van der Waals surface area contributed by atoms with Crippen LogP contribution in [0.4, 0.5) is 11.8 Å². The highest BCUT2D eigenvalue weighted by Gasteiger charge is 2.06. The molecule has 0 aromatic carbocycles. The summed E-state index contributed by atoms with van der Waals surface area (Å²) in [4.78, 5) is 8.16. The first kappa shape index (κ1) is 11.2. The van der Waals surface area contributed by atoms with Gasteiger partial charge < -0.3 is 11.1 Å². The van der Waals surface area contributed by atoms with Gasteiger partial charge in [-0.15, -0.1) is 0 Å². The molecule has 78 valence electrons. The number of rotatable bonds is 4. The van der Waals surface area contributed by atoms with Gasteiger partial charge in [0, 0.05) is 6.54 Å². The summed E-state index contributed by atoms with van der Waals surface area (Å²) in [6.07, 6.45) is 2.28. The van der Waals surface area contributed by atoms with Crippen LogP contribution < -0.4 is 11.1 Å². The molecule has 1 rings (SSSR count). The van der Waals surface area contributed by atoms with Crippen LogP contribution in [0.2, 0.25) is 0 Å². The number of anilines is 2. The molecule has 1 aromatic heterocycles. The number of nitrogens with two attached hydrogens (primary N) is 1. The van der Waals surface area contributed by atoms with Crippen molar-refractivity contribution >= 4 is 27.7 Å². The largest absolute Gasteiger partial charge is 0.369 e. The minimum atomic E-state index is 0.310. The normalized spacial score (nSPS) is 10.2. The molecule has 3 N–H and O–H groups in total. The van der Waals surface area contributed by atoms with Crippen LogP contribution in [0, 0.1) is 6.92 Å². The number of hydrogen-bond acceptors (Lipinski definition) is 4. The molecular formula is C9H15BrN4. The molecule has 0 saturated heterocycles. The van der Waals surface area contributed by atoms with E-state index in [4.69, 9.17) is 5.73 Å². The van der Waals surface area contributed by atoms with Crippen molar-refractivity contribution in [3.05, 3.63) is 10.2 Å². The Morgan fingerprint density at radius 1 is 1.43 bits per heavy atom. The zero-order valence-corrected chi connectivity index (χ0v) is 10.1. The SMILES string of the molecule is CCCCNc1nc(N)nc(C)c1Br. The highest BCUT2D eigenvalue weighted by molar-refractivity contribution is 9.10. The van der Waals surface area contributed by atoms with Crippen LogP contribution in [0.25, 0.3) is 0 Å². The molecule has 1 heterocycles. The first-order valence-corrected chi connectivity index (χ1v) is 5.48. The Morgan fingerprint density at radius 2 is 2.14 bits per heavy atom. The van der Waals surface area contributed by atoms with E-state index < -0.39 is 0 Å². The third-order valence-corrected chi connectivity index (χ3v) is 2.81. The average molecular weight is 259 g/mol. The maximum atomic E-state index is 5.55. The van der Waals surface area contributed by atoms with Crippen LogP contribution in [0.3, 0.4) is 0 Å². The van der Waals surface area contributed by atoms with E-state index in [1.54, 1.807) is 0 Å². The van der Waals surface area contributed by atoms with Crippen LogP contribution in [0.1, 0.15) is 25.5 Å². The van der Waals surface area contributed by atoms with Crippen LogP contribution in [-0.4, -0.2) is 16.5 Å². The molecule has 5 heteroatoms. The zero-order chi connectivity index (χ0) is 10.6. The Morgan fingerprint density at radius 3 is 2.79 bits per heavy atom.